The van der Waals surface area contributed by atoms with Crippen molar-refractivity contribution in [2.75, 3.05) is 19.6 Å². The average molecular weight is 207 g/mol. The molecule has 1 unspecified atom stereocenters. The molecule has 0 saturated carbocycles. The lowest BCUT2D eigenvalue weighted by Gasteiger charge is -2.33. The third-order valence-corrected chi connectivity index (χ3v) is 3.69. The summed E-state index contributed by atoms with van der Waals surface area (Å²) in [7, 11) is 0. The van der Waals surface area contributed by atoms with Gasteiger partial charge in [-0.2, -0.15) is 0 Å². The maximum Gasteiger partial charge on any atom is 0.0601 e. The topological polar surface area (TPSA) is 3.24 Å². The van der Waals surface area contributed by atoms with Crippen LogP contribution < -0.4 is 0 Å². The second kappa shape index (κ2) is 6.90. The molecule has 1 heteroatoms. The fourth-order valence-corrected chi connectivity index (χ4v) is 2.31. The Labute approximate surface area is 95.2 Å². The molecule has 0 aromatic rings. The first-order chi connectivity index (χ1) is 7.27. The first kappa shape index (κ1) is 12.6. The highest BCUT2D eigenvalue weighted by atomic mass is 15.1. The van der Waals surface area contributed by atoms with Crippen molar-refractivity contribution in [1.82, 2.24) is 4.90 Å². The molecule has 0 N–H and O–H groups in total. The molecule has 0 amide bonds. The molecule has 1 aliphatic rings. The van der Waals surface area contributed by atoms with Crippen molar-refractivity contribution in [2.45, 2.75) is 46.5 Å². The SMILES string of the molecule is CCC#CCN1CCC(C(C)CC)CC1. The Bertz CT molecular complexity index is 215. The van der Waals surface area contributed by atoms with Crippen LogP contribution in [0.25, 0.3) is 0 Å². The predicted molar refractivity (Wildman–Crippen MR) is 66.7 cm³/mol. The van der Waals surface area contributed by atoms with Crippen LogP contribution in [0.1, 0.15) is 46.5 Å². The molecule has 1 atom stereocenters. The molecule has 1 rings (SSSR count). The molecule has 0 aromatic heterocycles. The van der Waals surface area contributed by atoms with E-state index in [1.165, 1.54) is 32.4 Å². The van der Waals surface area contributed by atoms with Crippen LogP contribution in [0.4, 0.5) is 0 Å². The smallest absolute Gasteiger partial charge is 0.0601 e. The summed E-state index contributed by atoms with van der Waals surface area (Å²) in [6.07, 6.45) is 5.08. The summed E-state index contributed by atoms with van der Waals surface area (Å²) in [5, 5.41) is 0. The predicted octanol–water partition coefficient (Wildman–Crippen LogP) is 3.16. The van der Waals surface area contributed by atoms with Gasteiger partial charge in [0.25, 0.3) is 0 Å². The van der Waals surface area contributed by atoms with Crippen LogP contribution >= 0.6 is 0 Å². The molecule has 86 valence electrons. The molecule has 1 aliphatic heterocycles. The summed E-state index contributed by atoms with van der Waals surface area (Å²) in [4.78, 5) is 2.50. The van der Waals surface area contributed by atoms with Crippen LogP contribution in [0.5, 0.6) is 0 Å². The summed E-state index contributed by atoms with van der Waals surface area (Å²) < 4.78 is 0. The molecular weight excluding hydrogens is 182 g/mol. The second-order valence-corrected chi connectivity index (χ2v) is 4.71. The lowest BCUT2D eigenvalue weighted by Crippen LogP contribution is -2.35. The Balaban J connectivity index is 2.23. The van der Waals surface area contributed by atoms with Crippen molar-refractivity contribution < 1.29 is 0 Å². The minimum Gasteiger partial charge on any atom is -0.292 e. The highest BCUT2D eigenvalue weighted by molar-refractivity contribution is 5.00. The van der Waals surface area contributed by atoms with Crippen molar-refractivity contribution >= 4 is 0 Å². The van der Waals surface area contributed by atoms with E-state index in [1.54, 1.807) is 0 Å². The zero-order valence-electron chi connectivity index (χ0n) is 10.6. The van der Waals surface area contributed by atoms with Gasteiger partial charge in [-0.15, -0.1) is 5.92 Å². The number of rotatable bonds is 3. The zero-order chi connectivity index (χ0) is 11.1. The van der Waals surface area contributed by atoms with Crippen molar-refractivity contribution in [3.63, 3.8) is 0 Å². The molecule has 0 bridgehead atoms. The minimum atomic E-state index is 0.911. The molecule has 1 nitrogen and oxygen atoms in total. The van der Waals surface area contributed by atoms with E-state index in [2.05, 4.69) is 37.5 Å². The lowest BCUT2D eigenvalue weighted by molar-refractivity contribution is 0.164. The molecule has 0 radical (unpaired) electrons. The minimum absolute atomic E-state index is 0.911. The summed E-state index contributed by atoms with van der Waals surface area (Å²) in [6, 6.07) is 0. The third kappa shape index (κ3) is 4.26. The van der Waals surface area contributed by atoms with Gasteiger partial charge in [0, 0.05) is 6.42 Å². The van der Waals surface area contributed by atoms with Crippen molar-refractivity contribution in [3.05, 3.63) is 0 Å². The van der Waals surface area contributed by atoms with Gasteiger partial charge >= 0.3 is 0 Å². The fraction of sp³-hybridized carbons (Fsp3) is 0.857. The van der Waals surface area contributed by atoms with Gasteiger partial charge < -0.3 is 0 Å². The highest BCUT2D eigenvalue weighted by Gasteiger charge is 2.21. The monoisotopic (exact) mass is 207 g/mol. The van der Waals surface area contributed by atoms with E-state index in [9.17, 15) is 0 Å². The highest BCUT2D eigenvalue weighted by Crippen LogP contribution is 2.26. The number of hydrogen-bond donors (Lipinski definition) is 0. The maximum atomic E-state index is 3.24. The van der Waals surface area contributed by atoms with Gasteiger partial charge in [0.05, 0.1) is 6.54 Å². The van der Waals surface area contributed by atoms with E-state index < -0.39 is 0 Å². The van der Waals surface area contributed by atoms with E-state index in [0.717, 1.165) is 24.8 Å². The van der Waals surface area contributed by atoms with Gasteiger partial charge in [-0.25, -0.2) is 0 Å². The van der Waals surface area contributed by atoms with E-state index in [0.29, 0.717) is 0 Å². The standard InChI is InChI=1S/C14H25N/c1-4-6-7-10-15-11-8-14(9-12-15)13(3)5-2/h13-14H,4-5,8-12H2,1-3H3. The van der Waals surface area contributed by atoms with Crippen LogP contribution in [-0.2, 0) is 0 Å². The number of hydrogen-bond acceptors (Lipinski definition) is 1. The molecular formula is C14H25N. The van der Waals surface area contributed by atoms with Crippen molar-refractivity contribution in [1.29, 1.82) is 0 Å². The lowest BCUT2D eigenvalue weighted by atomic mass is 9.84. The van der Waals surface area contributed by atoms with Gasteiger partial charge in [0.2, 0.25) is 0 Å². The quantitative estimate of drug-likeness (QED) is 0.643. The normalized spacial score (nSPS) is 20.7. The summed E-state index contributed by atoms with van der Waals surface area (Å²) in [6.45, 7) is 10.3. The molecule has 0 aliphatic carbocycles. The summed E-state index contributed by atoms with van der Waals surface area (Å²) in [5.41, 5.74) is 0. The summed E-state index contributed by atoms with van der Waals surface area (Å²) in [5.74, 6) is 8.26. The van der Waals surface area contributed by atoms with Crippen LogP contribution in [0, 0.1) is 23.7 Å². The number of likely N-dealkylation sites (tertiary alicyclic amines) is 1. The third-order valence-electron chi connectivity index (χ3n) is 3.69. The largest absolute Gasteiger partial charge is 0.292 e. The van der Waals surface area contributed by atoms with E-state index in [-0.39, 0.29) is 0 Å². The van der Waals surface area contributed by atoms with Gasteiger partial charge in [0.15, 0.2) is 0 Å². The number of piperidine rings is 1. The average Bonchev–Trinajstić information content (AvgIpc) is 2.29. The van der Waals surface area contributed by atoms with Gasteiger partial charge in [-0.05, 0) is 37.8 Å². The summed E-state index contributed by atoms with van der Waals surface area (Å²) >= 11 is 0. The Hall–Kier alpha value is -0.480. The van der Waals surface area contributed by atoms with Gasteiger partial charge in [0.1, 0.15) is 0 Å². The first-order valence-corrected chi connectivity index (χ1v) is 6.46. The molecule has 15 heavy (non-hydrogen) atoms. The fourth-order valence-electron chi connectivity index (χ4n) is 2.31. The Morgan fingerprint density at radius 1 is 1.20 bits per heavy atom. The van der Waals surface area contributed by atoms with Crippen molar-refractivity contribution in [3.8, 4) is 11.8 Å². The van der Waals surface area contributed by atoms with Gasteiger partial charge in [-0.3, -0.25) is 4.90 Å². The first-order valence-electron chi connectivity index (χ1n) is 6.46. The van der Waals surface area contributed by atoms with E-state index in [4.69, 9.17) is 0 Å². The zero-order valence-corrected chi connectivity index (χ0v) is 10.6. The van der Waals surface area contributed by atoms with Crippen LogP contribution in [-0.4, -0.2) is 24.5 Å². The van der Waals surface area contributed by atoms with Gasteiger partial charge in [-0.1, -0.05) is 33.1 Å². The molecule has 0 spiro atoms. The molecule has 1 heterocycles. The molecule has 0 aromatic carbocycles. The van der Waals surface area contributed by atoms with Crippen LogP contribution in [0.15, 0.2) is 0 Å². The van der Waals surface area contributed by atoms with E-state index in [1.807, 2.05) is 0 Å². The second-order valence-electron chi connectivity index (χ2n) is 4.71. The maximum absolute atomic E-state index is 3.24. The molecule has 1 saturated heterocycles. The van der Waals surface area contributed by atoms with Crippen molar-refractivity contribution in [2.24, 2.45) is 11.8 Å². The Morgan fingerprint density at radius 3 is 2.40 bits per heavy atom. The van der Waals surface area contributed by atoms with Crippen LogP contribution in [0.2, 0.25) is 0 Å². The van der Waals surface area contributed by atoms with Crippen LogP contribution in [0.3, 0.4) is 0 Å². The van der Waals surface area contributed by atoms with E-state index >= 15 is 0 Å². The Morgan fingerprint density at radius 2 is 1.87 bits per heavy atom. The number of nitrogens with zero attached hydrogens (tertiary/aromatic N) is 1. The Kier molecular flexibility index (Phi) is 5.79. The molecule has 1 fully saturated rings.